The highest BCUT2D eigenvalue weighted by atomic mass is 16.1. The normalized spacial score (nSPS) is 23.3. The third-order valence-corrected chi connectivity index (χ3v) is 6.13. The molecule has 0 aromatic heterocycles. The summed E-state index contributed by atoms with van der Waals surface area (Å²) in [7, 11) is 0. The van der Waals surface area contributed by atoms with Gasteiger partial charge in [0.15, 0.2) is 0 Å². The minimum atomic E-state index is -0.230. The van der Waals surface area contributed by atoms with Crippen molar-refractivity contribution >= 4 is 22.9 Å². The van der Waals surface area contributed by atoms with E-state index in [9.17, 15) is 4.79 Å². The number of nitrogens with one attached hydrogen (secondary N) is 1. The Morgan fingerprint density at radius 3 is 2.34 bits per heavy atom. The molecule has 5 rings (SSSR count). The Morgan fingerprint density at radius 1 is 0.828 bits per heavy atom. The van der Waals surface area contributed by atoms with E-state index in [4.69, 9.17) is 4.99 Å². The molecule has 3 atom stereocenters. The molecule has 1 N–H and O–H groups in total. The molecular formula is C26H24N2O. The number of nitrogens with zero attached hydrogens (tertiary/aromatic N) is 1. The molecule has 1 unspecified atom stereocenters. The van der Waals surface area contributed by atoms with Gasteiger partial charge in [0.05, 0.1) is 23.3 Å². The standard InChI is InChI=1S/C26H24N2O/c1-17-11-13-18(14-12-17)20-15-23-25(24(29)16-20)26(19-7-3-2-4-8-19)28-22-10-6-5-9-21(22)27-23/h2-14,20,25-26,28H,15-16H2,1H3/t20-,25?,26+/m0/s1. The first-order valence-corrected chi connectivity index (χ1v) is 10.3. The lowest BCUT2D eigenvalue weighted by atomic mass is 9.72. The van der Waals surface area contributed by atoms with Crippen LogP contribution in [0.3, 0.4) is 0 Å². The summed E-state index contributed by atoms with van der Waals surface area (Å²) in [5.74, 6) is 0.237. The van der Waals surface area contributed by atoms with Gasteiger partial charge in [0.1, 0.15) is 5.78 Å². The van der Waals surface area contributed by atoms with Gasteiger partial charge in [-0.1, -0.05) is 72.3 Å². The lowest BCUT2D eigenvalue weighted by Crippen LogP contribution is -2.38. The highest BCUT2D eigenvalue weighted by Gasteiger charge is 2.41. The molecule has 3 nitrogen and oxygen atoms in total. The fourth-order valence-corrected chi connectivity index (χ4v) is 4.61. The Morgan fingerprint density at radius 2 is 1.55 bits per heavy atom. The van der Waals surface area contributed by atoms with Crippen LogP contribution >= 0.6 is 0 Å². The number of carbonyl (C=O) groups is 1. The molecule has 3 aromatic rings. The summed E-state index contributed by atoms with van der Waals surface area (Å²) in [6.45, 7) is 2.09. The highest BCUT2D eigenvalue weighted by Crippen LogP contribution is 2.43. The zero-order valence-corrected chi connectivity index (χ0v) is 16.5. The van der Waals surface area contributed by atoms with E-state index in [-0.39, 0.29) is 23.7 Å². The van der Waals surface area contributed by atoms with Crippen molar-refractivity contribution < 1.29 is 4.79 Å². The fourth-order valence-electron chi connectivity index (χ4n) is 4.61. The average Bonchev–Trinajstić information content (AvgIpc) is 2.92. The molecule has 29 heavy (non-hydrogen) atoms. The smallest absolute Gasteiger partial charge is 0.144 e. The minimum absolute atomic E-state index is 0.0925. The third kappa shape index (κ3) is 3.38. The fraction of sp³-hybridized carbons (Fsp3) is 0.231. The van der Waals surface area contributed by atoms with Crippen molar-refractivity contribution in [2.45, 2.75) is 31.7 Å². The van der Waals surface area contributed by atoms with Crippen LogP contribution < -0.4 is 5.32 Å². The molecule has 3 aromatic carbocycles. The van der Waals surface area contributed by atoms with E-state index in [1.165, 1.54) is 11.1 Å². The van der Waals surface area contributed by atoms with Crippen LogP contribution in [0.15, 0.2) is 83.9 Å². The topological polar surface area (TPSA) is 41.5 Å². The number of anilines is 1. The first-order valence-electron chi connectivity index (χ1n) is 10.3. The number of Topliss-reactive ketones (excluding diaryl/α,β-unsaturated/α-hetero) is 1. The van der Waals surface area contributed by atoms with Crippen LogP contribution in [-0.2, 0) is 4.79 Å². The molecule has 1 saturated carbocycles. The number of benzene rings is 3. The Labute approximate surface area is 171 Å². The lowest BCUT2D eigenvalue weighted by Gasteiger charge is -2.34. The predicted molar refractivity (Wildman–Crippen MR) is 118 cm³/mol. The summed E-state index contributed by atoms with van der Waals surface area (Å²) >= 11 is 0. The molecule has 0 spiro atoms. The van der Waals surface area contributed by atoms with E-state index >= 15 is 0 Å². The summed E-state index contributed by atoms with van der Waals surface area (Å²) < 4.78 is 0. The van der Waals surface area contributed by atoms with Crippen molar-refractivity contribution in [3.05, 3.63) is 95.6 Å². The van der Waals surface area contributed by atoms with Gasteiger partial charge in [-0.05, 0) is 42.5 Å². The van der Waals surface area contributed by atoms with E-state index < -0.39 is 0 Å². The molecule has 0 radical (unpaired) electrons. The Balaban J connectivity index is 1.58. The molecule has 2 aliphatic rings. The highest BCUT2D eigenvalue weighted by molar-refractivity contribution is 6.10. The van der Waals surface area contributed by atoms with Crippen LogP contribution in [0.5, 0.6) is 0 Å². The summed E-state index contributed by atoms with van der Waals surface area (Å²) in [6.07, 6.45) is 1.38. The van der Waals surface area contributed by atoms with Crippen LogP contribution in [0.2, 0.25) is 0 Å². The minimum Gasteiger partial charge on any atom is -0.375 e. The monoisotopic (exact) mass is 380 g/mol. The average molecular weight is 380 g/mol. The number of hydrogen-bond donors (Lipinski definition) is 1. The first-order chi connectivity index (χ1) is 14.2. The molecule has 0 saturated heterocycles. The molecule has 0 amide bonds. The second-order valence-electron chi connectivity index (χ2n) is 8.11. The lowest BCUT2D eigenvalue weighted by molar-refractivity contribution is -0.122. The van der Waals surface area contributed by atoms with Gasteiger partial charge >= 0.3 is 0 Å². The van der Waals surface area contributed by atoms with E-state index in [1.54, 1.807) is 0 Å². The third-order valence-electron chi connectivity index (χ3n) is 6.13. The maximum absolute atomic E-state index is 13.4. The van der Waals surface area contributed by atoms with E-state index in [1.807, 2.05) is 36.4 Å². The summed E-state index contributed by atoms with van der Waals surface area (Å²) in [4.78, 5) is 18.5. The Bertz CT molecular complexity index is 1070. The van der Waals surface area contributed by atoms with Gasteiger partial charge in [-0.3, -0.25) is 9.79 Å². The quantitative estimate of drug-likeness (QED) is 0.593. The van der Waals surface area contributed by atoms with Gasteiger partial charge in [-0.15, -0.1) is 0 Å². The number of ketones is 1. The van der Waals surface area contributed by atoms with Crippen LogP contribution in [0, 0.1) is 12.8 Å². The Hall–Kier alpha value is -3.20. The van der Waals surface area contributed by atoms with E-state index in [0.717, 1.165) is 29.1 Å². The SMILES string of the molecule is Cc1ccc([C@@H]2CC(=O)C3C(=Nc4ccccc4N[C@@H]3c3ccccc3)C2)cc1. The van der Waals surface area contributed by atoms with Crippen molar-refractivity contribution in [3.63, 3.8) is 0 Å². The van der Waals surface area contributed by atoms with Crippen molar-refractivity contribution in [1.82, 2.24) is 0 Å². The number of rotatable bonds is 2. The number of carbonyl (C=O) groups excluding carboxylic acids is 1. The van der Waals surface area contributed by atoms with Crippen molar-refractivity contribution in [1.29, 1.82) is 0 Å². The number of fused-ring (bicyclic) bond motifs is 2. The van der Waals surface area contributed by atoms with Gasteiger partial charge < -0.3 is 5.32 Å². The number of aryl methyl sites for hydroxylation is 1. The maximum atomic E-state index is 13.4. The van der Waals surface area contributed by atoms with Gasteiger partial charge in [-0.2, -0.15) is 0 Å². The molecule has 1 aliphatic carbocycles. The largest absolute Gasteiger partial charge is 0.375 e. The van der Waals surface area contributed by atoms with Crippen LogP contribution in [0.25, 0.3) is 0 Å². The summed E-state index contributed by atoms with van der Waals surface area (Å²) in [5, 5.41) is 3.63. The van der Waals surface area contributed by atoms with E-state index in [2.05, 4.69) is 54.7 Å². The van der Waals surface area contributed by atoms with Gasteiger partial charge in [-0.25, -0.2) is 0 Å². The number of aliphatic imine (C=N–C) groups is 1. The predicted octanol–water partition coefficient (Wildman–Crippen LogP) is 6.00. The summed E-state index contributed by atoms with van der Waals surface area (Å²) in [5.41, 5.74) is 6.50. The van der Waals surface area contributed by atoms with Crippen molar-refractivity contribution in [3.8, 4) is 0 Å². The van der Waals surface area contributed by atoms with Crippen molar-refractivity contribution in [2.75, 3.05) is 5.32 Å². The van der Waals surface area contributed by atoms with Crippen molar-refractivity contribution in [2.24, 2.45) is 10.9 Å². The van der Waals surface area contributed by atoms with Gasteiger partial charge in [0, 0.05) is 12.1 Å². The molecule has 1 fully saturated rings. The molecular weight excluding hydrogens is 356 g/mol. The summed E-state index contributed by atoms with van der Waals surface area (Å²) in [6, 6.07) is 26.9. The zero-order valence-electron chi connectivity index (χ0n) is 16.5. The molecule has 1 heterocycles. The molecule has 144 valence electrons. The van der Waals surface area contributed by atoms with Gasteiger partial charge in [0.25, 0.3) is 0 Å². The number of hydrogen-bond acceptors (Lipinski definition) is 3. The molecule has 0 bridgehead atoms. The van der Waals surface area contributed by atoms with Crippen LogP contribution in [-0.4, -0.2) is 11.5 Å². The zero-order chi connectivity index (χ0) is 19.8. The second kappa shape index (κ2) is 7.32. The number of para-hydroxylation sites is 2. The van der Waals surface area contributed by atoms with Gasteiger partial charge in [0.2, 0.25) is 0 Å². The first kappa shape index (κ1) is 17.9. The second-order valence-corrected chi connectivity index (χ2v) is 8.11. The van der Waals surface area contributed by atoms with E-state index in [0.29, 0.717) is 6.42 Å². The molecule has 1 aliphatic heterocycles. The Kier molecular flexibility index (Phi) is 4.51. The van der Waals surface area contributed by atoms with Crippen LogP contribution in [0.1, 0.15) is 41.5 Å². The maximum Gasteiger partial charge on any atom is 0.144 e. The van der Waals surface area contributed by atoms with Crippen LogP contribution in [0.4, 0.5) is 11.4 Å². The molecule has 3 heteroatoms.